The van der Waals surface area contributed by atoms with E-state index in [1.165, 1.54) is 0 Å². The van der Waals surface area contributed by atoms with Gasteiger partial charge in [0.1, 0.15) is 17.5 Å². The fourth-order valence-corrected chi connectivity index (χ4v) is 2.32. The average Bonchev–Trinajstić information content (AvgIpc) is 2.61. The van der Waals surface area contributed by atoms with E-state index in [1.54, 1.807) is 65.0 Å². The van der Waals surface area contributed by atoms with Crippen LogP contribution in [0.25, 0.3) is 10.8 Å². The van der Waals surface area contributed by atoms with Crippen molar-refractivity contribution in [2.24, 2.45) is 0 Å². The minimum absolute atomic E-state index is 0.201. The van der Waals surface area contributed by atoms with Gasteiger partial charge >= 0.3 is 12.1 Å². The van der Waals surface area contributed by atoms with Gasteiger partial charge in [-0.05, 0) is 64.3 Å². The van der Waals surface area contributed by atoms with Gasteiger partial charge in [-0.1, -0.05) is 12.6 Å². The number of carbonyl (C=O) groups is 2. The Labute approximate surface area is 169 Å². The maximum absolute atomic E-state index is 11.9. The molecule has 7 heteroatoms. The zero-order chi connectivity index (χ0) is 21.8. The second-order valence-corrected chi connectivity index (χ2v) is 7.62. The lowest BCUT2D eigenvalue weighted by Gasteiger charge is -2.19. The zero-order valence-electron chi connectivity index (χ0n) is 17.3. The van der Waals surface area contributed by atoms with Crippen molar-refractivity contribution in [1.82, 2.24) is 0 Å². The van der Waals surface area contributed by atoms with Gasteiger partial charge in [-0.3, -0.25) is 0 Å². The fraction of sp³-hybridized carbons (Fsp3) is 0.364. The third-order valence-electron chi connectivity index (χ3n) is 3.62. The van der Waals surface area contributed by atoms with E-state index in [0.717, 1.165) is 0 Å². The summed E-state index contributed by atoms with van der Waals surface area (Å²) in [6.45, 7) is 11.8. The van der Waals surface area contributed by atoms with Crippen molar-refractivity contribution in [3.8, 4) is 17.2 Å². The molecular formula is C22H26O7. The summed E-state index contributed by atoms with van der Waals surface area (Å²) < 4.78 is 21.5. The quantitative estimate of drug-likeness (QED) is 0.331. The summed E-state index contributed by atoms with van der Waals surface area (Å²) in [4.78, 5) is 23.8. The average molecular weight is 402 g/mol. The van der Waals surface area contributed by atoms with E-state index in [1.807, 2.05) is 0 Å². The van der Waals surface area contributed by atoms with E-state index < -0.39 is 23.8 Å². The van der Waals surface area contributed by atoms with Crippen LogP contribution in [-0.2, 0) is 9.53 Å². The van der Waals surface area contributed by atoms with Gasteiger partial charge in [-0.25, -0.2) is 9.59 Å². The van der Waals surface area contributed by atoms with Gasteiger partial charge in [0, 0.05) is 11.0 Å². The molecule has 0 aliphatic carbocycles. The number of ether oxygens (including phenoxy) is 4. The Morgan fingerprint density at radius 2 is 1.83 bits per heavy atom. The van der Waals surface area contributed by atoms with Crippen LogP contribution in [0.2, 0.25) is 0 Å². The molecule has 1 atom stereocenters. The summed E-state index contributed by atoms with van der Waals surface area (Å²) in [5, 5.41) is 10.6. The highest BCUT2D eigenvalue weighted by atomic mass is 16.7. The zero-order valence-corrected chi connectivity index (χ0v) is 17.3. The molecule has 2 aromatic carbocycles. The molecule has 0 aromatic heterocycles. The molecule has 2 rings (SSSR count). The number of rotatable bonds is 6. The van der Waals surface area contributed by atoms with Crippen LogP contribution >= 0.6 is 0 Å². The maximum atomic E-state index is 11.9. The lowest BCUT2D eigenvalue weighted by atomic mass is 10.1. The molecule has 0 aliphatic heterocycles. The number of esters is 1. The number of fused-ring (bicyclic) bond motifs is 1. The number of aliphatic hydroxyl groups is 1. The first-order valence-electron chi connectivity index (χ1n) is 9.13. The van der Waals surface area contributed by atoms with E-state index in [4.69, 9.17) is 18.9 Å². The summed E-state index contributed by atoms with van der Waals surface area (Å²) in [5.74, 6) is 0.199. The lowest BCUT2D eigenvalue weighted by Crippen LogP contribution is -2.25. The topological polar surface area (TPSA) is 91.3 Å². The van der Waals surface area contributed by atoms with Gasteiger partial charge in [0.15, 0.2) is 11.5 Å². The summed E-state index contributed by atoms with van der Waals surface area (Å²) in [7, 11) is 0. The summed E-state index contributed by atoms with van der Waals surface area (Å²) in [6, 6.07) is 8.16. The number of hydrogen-bond donors (Lipinski definition) is 1. The monoisotopic (exact) mass is 402 g/mol. The van der Waals surface area contributed by atoms with Gasteiger partial charge in [-0.2, -0.15) is 0 Å². The fourth-order valence-electron chi connectivity index (χ4n) is 2.32. The first-order chi connectivity index (χ1) is 13.5. The largest absolute Gasteiger partial charge is 0.514 e. The Bertz CT molecular complexity index is 925. The van der Waals surface area contributed by atoms with E-state index in [-0.39, 0.29) is 17.9 Å². The van der Waals surface area contributed by atoms with Gasteiger partial charge in [0.25, 0.3) is 0 Å². The normalized spacial score (nSPS) is 12.2. The van der Waals surface area contributed by atoms with Crippen molar-refractivity contribution >= 4 is 22.9 Å². The number of aliphatic hydroxyl groups excluding tert-OH is 1. The molecule has 0 radical (unpaired) electrons. The SMILES string of the molecule is C=C(C)C(=O)Oc1ccc2cc(OC(=O)OC(C)(C)C)ccc2c1OC(C)CO. The number of hydrogen-bond acceptors (Lipinski definition) is 7. The van der Waals surface area contributed by atoms with Crippen molar-refractivity contribution < 1.29 is 33.6 Å². The second-order valence-electron chi connectivity index (χ2n) is 7.62. The molecule has 0 amide bonds. The number of benzene rings is 2. The summed E-state index contributed by atoms with van der Waals surface area (Å²) >= 11 is 0. The summed E-state index contributed by atoms with van der Waals surface area (Å²) in [6.07, 6.45) is -1.34. The molecule has 7 nitrogen and oxygen atoms in total. The molecule has 0 heterocycles. The highest BCUT2D eigenvalue weighted by Gasteiger charge is 2.20. The van der Waals surface area contributed by atoms with Crippen molar-refractivity contribution in [2.75, 3.05) is 6.61 Å². The predicted molar refractivity (Wildman–Crippen MR) is 108 cm³/mol. The van der Waals surface area contributed by atoms with Crippen LogP contribution in [0.3, 0.4) is 0 Å². The van der Waals surface area contributed by atoms with Crippen molar-refractivity contribution in [1.29, 1.82) is 0 Å². The summed E-state index contributed by atoms with van der Waals surface area (Å²) in [5.41, 5.74) is -0.426. The first kappa shape index (κ1) is 22.2. The van der Waals surface area contributed by atoms with Crippen LogP contribution in [0, 0.1) is 0 Å². The van der Waals surface area contributed by atoms with E-state index in [2.05, 4.69) is 6.58 Å². The molecule has 156 valence electrons. The number of carbonyl (C=O) groups excluding carboxylic acids is 2. The minimum Gasteiger partial charge on any atom is -0.484 e. The molecule has 0 saturated carbocycles. The molecule has 1 unspecified atom stereocenters. The standard InChI is InChI=1S/C22H26O7/c1-13(2)20(24)28-18-10-7-15-11-16(27-21(25)29-22(4,5)6)8-9-17(15)19(18)26-14(3)12-23/h7-11,14,23H,1,12H2,2-6H3. The second kappa shape index (κ2) is 8.96. The van der Waals surface area contributed by atoms with Gasteiger partial charge in [0.05, 0.1) is 6.61 Å². The van der Waals surface area contributed by atoms with Crippen LogP contribution in [0.1, 0.15) is 34.6 Å². The van der Waals surface area contributed by atoms with Crippen LogP contribution in [0.4, 0.5) is 4.79 Å². The molecule has 2 aromatic rings. The Hall–Kier alpha value is -3.06. The van der Waals surface area contributed by atoms with E-state index in [0.29, 0.717) is 22.3 Å². The first-order valence-corrected chi connectivity index (χ1v) is 9.13. The van der Waals surface area contributed by atoms with Gasteiger partial charge in [-0.15, -0.1) is 0 Å². The van der Waals surface area contributed by atoms with E-state index in [9.17, 15) is 14.7 Å². The maximum Gasteiger partial charge on any atom is 0.514 e. The molecule has 0 fully saturated rings. The molecule has 29 heavy (non-hydrogen) atoms. The van der Waals surface area contributed by atoms with Crippen molar-refractivity contribution in [3.05, 3.63) is 42.5 Å². The van der Waals surface area contributed by atoms with Crippen LogP contribution in [-0.4, -0.2) is 35.5 Å². The van der Waals surface area contributed by atoms with Gasteiger partial charge < -0.3 is 24.1 Å². The Kier molecular flexibility index (Phi) is 6.87. The Morgan fingerprint density at radius 1 is 1.14 bits per heavy atom. The highest BCUT2D eigenvalue weighted by Crippen LogP contribution is 2.38. The Morgan fingerprint density at radius 3 is 2.41 bits per heavy atom. The Balaban J connectivity index is 2.41. The molecule has 0 spiro atoms. The van der Waals surface area contributed by atoms with Crippen LogP contribution < -0.4 is 14.2 Å². The smallest absolute Gasteiger partial charge is 0.484 e. The molecular weight excluding hydrogens is 376 g/mol. The molecule has 1 N–H and O–H groups in total. The molecule has 0 bridgehead atoms. The van der Waals surface area contributed by atoms with Gasteiger partial charge in [0.2, 0.25) is 0 Å². The molecule has 0 aliphatic rings. The van der Waals surface area contributed by atoms with Crippen LogP contribution in [0.15, 0.2) is 42.5 Å². The third kappa shape index (κ3) is 6.22. The minimum atomic E-state index is -0.811. The van der Waals surface area contributed by atoms with Crippen molar-refractivity contribution in [3.63, 3.8) is 0 Å². The van der Waals surface area contributed by atoms with E-state index >= 15 is 0 Å². The predicted octanol–water partition coefficient (Wildman–Crippen LogP) is 4.39. The van der Waals surface area contributed by atoms with Crippen molar-refractivity contribution in [2.45, 2.75) is 46.3 Å². The molecule has 0 saturated heterocycles. The highest BCUT2D eigenvalue weighted by molar-refractivity contribution is 5.95. The lowest BCUT2D eigenvalue weighted by molar-refractivity contribution is -0.130. The van der Waals surface area contributed by atoms with Crippen LogP contribution in [0.5, 0.6) is 17.2 Å². The third-order valence-corrected chi connectivity index (χ3v) is 3.62.